The lowest BCUT2D eigenvalue weighted by Crippen LogP contribution is -2.35. The molecule has 0 saturated carbocycles. The first-order valence-corrected chi connectivity index (χ1v) is 12.5. The van der Waals surface area contributed by atoms with Gasteiger partial charge in [0.25, 0.3) is 10.0 Å². The first-order valence-electron chi connectivity index (χ1n) is 11.0. The highest BCUT2D eigenvalue weighted by Crippen LogP contribution is 2.37. The van der Waals surface area contributed by atoms with Gasteiger partial charge in [-0.15, -0.1) is 0 Å². The highest BCUT2D eigenvalue weighted by molar-refractivity contribution is 7.90. The maximum absolute atomic E-state index is 12.8. The van der Waals surface area contributed by atoms with E-state index in [2.05, 4.69) is 15.4 Å². The van der Waals surface area contributed by atoms with Crippen LogP contribution >= 0.6 is 0 Å². The number of sulfonamides is 1. The third-order valence-electron chi connectivity index (χ3n) is 5.99. The number of H-pyrrole nitrogens is 1. The van der Waals surface area contributed by atoms with Gasteiger partial charge in [0.05, 0.1) is 5.69 Å². The second-order valence-electron chi connectivity index (χ2n) is 9.19. The number of carbonyl (C=O) groups excluding carboxylic acids is 1. The van der Waals surface area contributed by atoms with Crippen LogP contribution in [0.2, 0.25) is 5.31 Å². The van der Waals surface area contributed by atoms with Gasteiger partial charge >= 0.3 is 13.1 Å². The van der Waals surface area contributed by atoms with Crippen molar-refractivity contribution in [2.45, 2.75) is 50.0 Å². The van der Waals surface area contributed by atoms with E-state index < -0.39 is 28.5 Å². The molecular formula is C22H26BN5O6S. The molecule has 0 saturated heterocycles. The van der Waals surface area contributed by atoms with Crippen LogP contribution in [0.25, 0.3) is 11.1 Å². The van der Waals surface area contributed by atoms with E-state index in [9.17, 15) is 28.1 Å². The summed E-state index contributed by atoms with van der Waals surface area (Å²) in [7, 11) is -5.93. The summed E-state index contributed by atoms with van der Waals surface area (Å²) in [4.78, 5) is 27.2. The molecule has 0 radical (unpaired) electrons. The molecule has 0 fully saturated rings. The highest BCUT2D eigenvalue weighted by Gasteiger charge is 2.33. The zero-order valence-electron chi connectivity index (χ0n) is 19.3. The number of nitrogens with zero attached hydrogens (tertiary/aromatic N) is 2. The van der Waals surface area contributed by atoms with Gasteiger partial charge in [0, 0.05) is 35.9 Å². The summed E-state index contributed by atoms with van der Waals surface area (Å²) in [6, 6.07) is 7.13. The summed E-state index contributed by atoms with van der Waals surface area (Å²) < 4.78 is 28.8. The average molecular weight is 499 g/mol. The van der Waals surface area contributed by atoms with Crippen molar-refractivity contribution in [3.63, 3.8) is 0 Å². The van der Waals surface area contributed by atoms with E-state index in [1.807, 2.05) is 16.9 Å². The quantitative estimate of drug-likeness (QED) is 0.307. The van der Waals surface area contributed by atoms with Crippen LogP contribution in [0.3, 0.4) is 0 Å². The van der Waals surface area contributed by atoms with Crippen LogP contribution in [0.4, 0.5) is 10.5 Å². The van der Waals surface area contributed by atoms with Crippen molar-refractivity contribution in [3.05, 3.63) is 64.2 Å². The molecule has 1 aliphatic rings. The summed E-state index contributed by atoms with van der Waals surface area (Å²) in [5.41, 5.74) is 3.33. The average Bonchev–Trinajstić information content (AvgIpc) is 3.43. The molecule has 1 aromatic carbocycles. The van der Waals surface area contributed by atoms with Crippen LogP contribution < -0.4 is 15.6 Å². The highest BCUT2D eigenvalue weighted by atomic mass is 32.2. The number of nitrogens with one attached hydrogen (secondary N) is 3. The van der Waals surface area contributed by atoms with Crippen LogP contribution in [0, 0.1) is 0 Å². The monoisotopic (exact) mass is 499 g/mol. The van der Waals surface area contributed by atoms with E-state index in [1.165, 1.54) is 29.2 Å². The lowest BCUT2D eigenvalue weighted by molar-refractivity contribution is 0.256. The van der Waals surface area contributed by atoms with E-state index in [4.69, 9.17) is 0 Å². The molecule has 3 aromatic rings. The molecule has 11 nitrogen and oxygen atoms in total. The number of aryl methyl sites for hydroxylation is 1. The molecular weight excluding hydrogens is 473 g/mol. The zero-order chi connectivity index (χ0) is 25.4. The first-order chi connectivity index (χ1) is 16.5. The molecule has 0 spiro atoms. The number of benzene rings is 1. The molecule has 0 unspecified atom stereocenters. The fraction of sp³-hybridized carbons (Fsp3) is 0.318. The summed E-state index contributed by atoms with van der Waals surface area (Å²) in [6.07, 6.45) is 5.35. The summed E-state index contributed by atoms with van der Waals surface area (Å²) in [5.74, 6) is 0. The molecule has 0 atom stereocenters. The largest absolute Gasteiger partial charge is 0.459 e. The van der Waals surface area contributed by atoms with Crippen molar-refractivity contribution < 1.29 is 23.3 Å². The van der Waals surface area contributed by atoms with E-state index in [0.717, 1.165) is 24.0 Å². The van der Waals surface area contributed by atoms with Gasteiger partial charge in [-0.25, -0.2) is 9.52 Å². The Morgan fingerprint density at radius 3 is 2.71 bits per heavy atom. The van der Waals surface area contributed by atoms with Gasteiger partial charge in [0.2, 0.25) is 5.56 Å². The predicted octanol–water partition coefficient (Wildman–Crippen LogP) is 1.49. The molecule has 2 heterocycles. The Bertz CT molecular complexity index is 1430. The first kappa shape index (κ1) is 24.7. The van der Waals surface area contributed by atoms with Gasteiger partial charge in [-0.1, -0.05) is 26.0 Å². The Labute approximate surface area is 202 Å². The zero-order valence-corrected chi connectivity index (χ0v) is 20.1. The maximum Gasteiger partial charge on any atom is 0.459 e. The Kier molecular flexibility index (Phi) is 6.58. The Morgan fingerprint density at radius 1 is 1.23 bits per heavy atom. The number of aromatic nitrogens is 3. The van der Waals surface area contributed by atoms with E-state index in [0.29, 0.717) is 23.2 Å². The molecule has 2 aromatic heterocycles. The fourth-order valence-corrected chi connectivity index (χ4v) is 4.90. The third-order valence-corrected chi connectivity index (χ3v) is 7.22. The van der Waals surface area contributed by atoms with Gasteiger partial charge in [-0.05, 0) is 48.1 Å². The Hall–Kier alpha value is -3.42. The number of amides is 2. The molecule has 1 aliphatic carbocycles. The Balaban J connectivity index is 1.57. The molecule has 13 heteroatoms. The number of carbonyl (C=O) groups is 1. The van der Waals surface area contributed by atoms with Crippen molar-refractivity contribution in [2.75, 3.05) is 5.32 Å². The molecule has 5 N–H and O–H groups in total. The molecule has 4 rings (SSSR count). The van der Waals surface area contributed by atoms with Crippen LogP contribution in [-0.2, 0) is 29.4 Å². The molecule has 0 aliphatic heterocycles. The number of pyridine rings is 1. The molecule has 184 valence electrons. The van der Waals surface area contributed by atoms with E-state index in [1.54, 1.807) is 19.9 Å². The second-order valence-corrected chi connectivity index (χ2v) is 10.8. The lowest BCUT2D eigenvalue weighted by atomic mass is 9.60. The van der Waals surface area contributed by atoms with Crippen LogP contribution in [0.15, 0.2) is 52.5 Å². The standard InChI is InChI=1S/C22H26BN5O6S/c1-22(2,23(31)32)13-28-11-9-19(26-28)35(33,34)27-21(30)25-20-16-5-3-4-14(16)6-7-17(20)15-8-10-24-18(29)12-15/h6-12,31-32H,3-5,13H2,1-2H3,(H,24,29)(H2,25,27,30). The van der Waals surface area contributed by atoms with Gasteiger partial charge in [-0.2, -0.15) is 13.5 Å². The number of hydrogen-bond acceptors (Lipinski definition) is 7. The number of rotatable bonds is 7. The lowest BCUT2D eigenvalue weighted by Gasteiger charge is -2.22. The van der Waals surface area contributed by atoms with Gasteiger partial charge < -0.3 is 20.3 Å². The minimum absolute atomic E-state index is 0.0438. The van der Waals surface area contributed by atoms with Crippen molar-refractivity contribution in [1.82, 2.24) is 19.5 Å². The van der Waals surface area contributed by atoms with Crippen LogP contribution in [-0.4, -0.2) is 46.4 Å². The number of fused-ring (bicyclic) bond motifs is 1. The normalized spacial score (nSPS) is 13.4. The summed E-state index contributed by atoms with van der Waals surface area (Å²) in [6.45, 7) is 3.23. The summed E-state index contributed by atoms with van der Waals surface area (Å²) >= 11 is 0. The fourth-order valence-electron chi connectivity index (χ4n) is 4.05. The maximum atomic E-state index is 12.8. The van der Waals surface area contributed by atoms with Gasteiger partial charge in [0.1, 0.15) is 0 Å². The number of hydrogen-bond donors (Lipinski definition) is 5. The van der Waals surface area contributed by atoms with E-state index >= 15 is 0 Å². The van der Waals surface area contributed by atoms with Crippen molar-refractivity contribution >= 4 is 28.9 Å². The molecule has 2 amide bonds. The Morgan fingerprint density at radius 2 is 2.00 bits per heavy atom. The number of urea groups is 1. The minimum atomic E-state index is -4.31. The minimum Gasteiger partial charge on any atom is -0.427 e. The number of anilines is 1. The number of aromatic amines is 1. The molecule has 0 bridgehead atoms. The van der Waals surface area contributed by atoms with E-state index in [-0.39, 0.29) is 17.1 Å². The van der Waals surface area contributed by atoms with Crippen LogP contribution in [0.5, 0.6) is 0 Å². The van der Waals surface area contributed by atoms with Crippen molar-refractivity contribution in [3.8, 4) is 11.1 Å². The van der Waals surface area contributed by atoms with Gasteiger partial charge in [0.15, 0.2) is 5.03 Å². The topological polar surface area (TPSA) is 166 Å². The summed E-state index contributed by atoms with van der Waals surface area (Å²) in [5, 5.41) is 24.2. The predicted molar refractivity (Wildman–Crippen MR) is 130 cm³/mol. The second kappa shape index (κ2) is 9.32. The van der Waals surface area contributed by atoms with Crippen LogP contribution in [0.1, 0.15) is 31.4 Å². The van der Waals surface area contributed by atoms with Crippen molar-refractivity contribution in [2.24, 2.45) is 0 Å². The van der Waals surface area contributed by atoms with Gasteiger partial charge in [-0.3, -0.25) is 9.48 Å². The smallest absolute Gasteiger partial charge is 0.427 e. The molecule has 35 heavy (non-hydrogen) atoms. The van der Waals surface area contributed by atoms with Crippen molar-refractivity contribution in [1.29, 1.82) is 0 Å². The third kappa shape index (κ3) is 5.31. The SMILES string of the molecule is CC(C)(Cn1ccc(S(=O)(=O)NC(=O)Nc2c(-c3cc[nH]c(=O)c3)ccc3c2CCC3)n1)B(O)O.